The van der Waals surface area contributed by atoms with E-state index >= 15 is 0 Å². The minimum Gasteiger partial charge on any atom is -0.320 e. The molecular formula is C13H13ClFNS. The Labute approximate surface area is 109 Å². The molecule has 0 saturated heterocycles. The first kappa shape index (κ1) is 12.6. The van der Waals surface area contributed by atoms with E-state index in [-0.39, 0.29) is 5.82 Å². The molecule has 1 unspecified atom stereocenters. The Bertz CT molecular complexity index is 550. The summed E-state index contributed by atoms with van der Waals surface area (Å²) in [6.07, 6.45) is 0. The zero-order valence-corrected chi connectivity index (χ0v) is 11.2. The van der Waals surface area contributed by atoms with E-state index in [0.29, 0.717) is 10.6 Å². The molecule has 0 aliphatic rings. The number of hydrogen-bond donors (Lipinski definition) is 1. The Hall–Kier alpha value is -0.900. The van der Waals surface area contributed by atoms with E-state index in [1.165, 1.54) is 17.0 Å². The van der Waals surface area contributed by atoms with Gasteiger partial charge in [-0.1, -0.05) is 11.6 Å². The van der Waals surface area contributed by atoms with Gasteiger partial charge in [0.2, 0.25) is 0 Å². The molecule has 0 radical (unpaired) electrons. The highest BCUT2D eigenvalue weighted by Gasteiger charge is 2.17. The maximum atomic E-state index is 13.7. The van der Waals surface area contributed by atoms with Crippen LogP contribution in [0.25, 0.3) is 0 Å². The van der Waals surface area contributed by atoms with E-state index in [4.69, 9.17) is 17.3 Å². The van der Waals surface area contributed by atoms with Crippen LogP contribution in [-0.2, 0) is 0 Å². The zero-order valence-electron chi connectivity index (χ0n) is 9.63. The average molecular weight is 270 g/mol. The summed E-state index contributed by atoms with van der Waals surface area (Å²) in [7, 11) is 0. The molecule has 17 heavy (non-hydrogen) atoms. The third-order valence-electron chi connectivity index (χ3n) is 2.71. The second kappa shape index (κ2) is 4.77. The summed E-state index contributed by atoms with van der Waals surface area (Å²) in [4.78, 5) is 2.30. The molecule has 2 rings (SSSR count). The van der Waals surface area contributed by atoms with Gasteiger partial charge in [-0.3, -0.25) is 0 Å². The molecule has 0 saturated carbocycles. The Morgan fingerprint density at radius 3 is 2.53 bits per heavy atom. The van der Waals surface area contributed by atoms with Crippen LogP contribution >= 0.6 is 22.9 Å². The van der Waals surface area contributed by atoms with Gasteiger partial charge in [0, 0.05) is 20.3 Å². The molecule has 0 aliphatic carbocycles. The van der Waals surface area contributed by atoms with E-state index in [0.717, 1.165) is 10.4 Å². The van der Waals surface area contributed by atoms with Gasteiger partial charge < -0.3 is 5.73 Å². The Morgan fingerprint density at radius 1 is 1.24 bits per heavy atom. The van der Waals surface area contributed by atoms with Gasteiger partial charge in [-0.15, -0.1) is 11.3 Å². The fraction of sp³-hybridized carbons (Fsp3) is 0.231. The van der Waals surface area contributed by atoms with Crippen LogP contribution in [0.15, 0.2) is 24.3 Å². The van der Waals surface area contributed by atoms with Crippen molar-refractivity contribution in [2.75, 3.05) is 0 Å². The van der Waals surface area contributed by atoms with Gasteiger partial charge >= 0.3 is 0 Å². The molecule has 0 spiro atoms. The molecule has 1 aromatic heterocycles. The van der Waals surface area contributed by atoms with Crippen molar-refractivity contribution in [1.29, 1.82) is 0 Å². The summed E-state index contributed by atoms with van der Waals surface area (Å²) in [5, 5.41) is 0.501. The molecule has 1 nitrogen and oxygen atoms in total. The highest BCUT2D eigenvalue weighted by Crippen LogP contribution is 2.31. The molecule has 0 fully saturated rings. The average Bonchev–Trinajstić information content (AvgIpc) is 2.60. The molecule has 0 bridgehead atoms. The SMILES string of the molecule is Cc1cc(C(N)c2cc(Cl)ccc2F)c(C)s1. The highest BCUT2D eigenvalue weighted by atomic mass is 35.5. The lowest BCUT2D eigenvalue weighted by Crippen LogP contribution is -2.13. The van der Waals surface area contributed by atoms with Crippen LogP contribution in [0, 0.1) is 19.7 Å². The molecule has 1 aromatic carbocycles. The largest absolute Gasteiger partial charge is 0.320 e. The number of halogens is 2. The standard InChI is InChI=1S/C13H13ClFNS/c1-7-5-10(8(2)17-7)13(16)11-6-9(14)3-4-12(11)15/h3-6,13H,16H2,1-2H3. The minimum atomic E-state index is -0.460. The molecule has 1 atom stereocenters. The van der Waals surface area contributed by atoms with Crippen LogP contribution < -0.4 is 5.73 Å². The molecule has 2 aromatic rings. The van der Waals surface area contributed by atoms with E-state index < -0.39 is 6.04 Å². The van der Waals surface area contributed by atoms with E-state index in [1.54, 1.807) is 17.4 Å². The summed E-state index contributed by atoms with van der Waals surface area (Å²) >= 11 is 7.54. The van der Waals surface area contributed by atoms with Crippen molar-refractivity contribution in [2.24, 2.45) is 5.73 Å². The lowest BCUT2D eigenvalue weighted by molar-refractivity contribution is 0.599. The van der Waals surface area contributed by atoms with Crippen molar-refractivity contribution < 1.29 is 4.39 Å². The third kappa shape index (κ3) is 2.51. The van der Waals surface area contributed by atoms with E-state index in [2.05, 4.69) is 0 Å². The van der Waals surface area contributed by atoms with Gasteiger partial charge in [-0.05, 0) is 43.7 Å². The number of thiophene rings is 1. The smallest absolute Gasteiger partial charge is 0.128 e. The van der Waals surface area contributed by atoms with Gasteiger partial charge in [0.1, 0.15) is 5.82 Å². The van der Waals surface area contributed by atoms with Crippen LogP contribution in [0.5, 0.6) is 0 Å². The number of nitrogens with two attached hydrogens (primary N) is 1. The Kier molecular flexibility index (Phi) is 3.52. The molecule has 2 N–H and O–H groups in total. The van der Waals surface area contributed by atoms with E-state index in [9.17, 15) is 4.39 Å². The summed E-state index contributed by atoms with van der Waals surface area (Å²) in [5.74, 6) is -0.315. The van der Waals surface area contributed by atoms with Crippen molar-refractivity contribution >= 4 is 22.9 Å². The first-order chi connectivity index (χ1) is 7.99. The lowest BCUT2D eigenvalue weighted by Gasteiger charge is -2.13. The summed E-state index contributed by atoms with van der Waals surface area (Å²) in [6.45, 7) is 4.01. The highest BCUT2D eigenvalue weighted by molar-refractivity contribution is 7.12. The fourth-order valence-corrected chi connectivity index (χ4v) is 3.03. The van der Waals surface area contributed by atoms with Crippen molar-refractivity contribution in [3.8, 4) is 0 Å². The molecular weight excluding hydrogens is 257 g/mol. The van der Waals surface area contributed by atoms with Crippen LogP contribution in [-0.4, -0.2) is 0 Å². The van der Waals surface area contributed by atoms with Gasteiger partial charge in [0.25, 0.3) is 0 Å². The molecule has 90 valence electrons. The topological polar surface area (TPSA) is 26.0 Å². The van der Waals surface area contributed by atoms with E-state index in [1.807, 2.05) is 19.9 Å². The van der Waals surface area contributed by atoms with Gasteiger partial charge in [-0.25, -0.2) is 4.39 Å². The van der Waals surface area contributed by atoms with Crippen LogP contribution in [0.2, 0.25) is 5.02 Å². The first-order valence-corrected chi connectivity index (χ1v) is 6.46. The predicted octanol–water partition coefficient (Wildman–Crippen LogP) is 4.21. The molecule has 1 heterocycles. The lowest BCUT2D eigenvalue weighted by atomic mass is 9.99. The summed E-state index contributed by atoms with van der Waals surface area (Å²) in [6, 6.07) is 6.02. The number of aryl methyl sites for hydroxylation is 2. The predicted molar refractivity (Wildman–Crippen MR) is 71.2 cm³/mol. The first-order valence-electron chi connectivity index (χ1n) is 5.26. The van der Waals surface area contributed by atoms with Crippen molar-refractivity contribution in [2.45, 2.75) is 19.9 Å². The normalized spacial score (nSPS) is 12.8. The van der Waals surface area contributed by atoms with Crippen molar-refractivity contribution in [3.05, 3.63) is 56.0 Å². The fourth-order valence-electron chi connectivity index (χ4n) is 1.88. The monoisotopic (exact) mass is 269 g/mol. The maximum Gasteiger partial charge on any atom is 0.128 e. The van der Waals surface area contributed by atoms with Crippen LogP contribution in [0.1, 0.15) is 26.9 Å². The molecule has 4 heteroatoms. The van der Waals surface area contributed by atoms with Crippen LogP contribution in [0.4, 0.5) is 4.39 Å². The summed E-state index contributed by atoms with van der Waals surface area (Å²) in [5.41, 5.74) is 7.52. The van der Waals surface area contributed by atoms with Crippen LogP contribution in [0.3, 0.4) is 0 Å². The third-order valence-corrected chi connectivity index (χ3v) is 3.92. The van der Waals surface area contributed by atoms with Gasteiger partial charge in [-0.2, -0.15) is 0 Å². The second-order valence-electron chi connectivity index (χ2n) is 4.01. The van der Waals surface area contributed by atoms with Gasteiger partial charge in [0.15, 0.2) is 0 Å². The van der Waals surface area contributed by atoms with Crippen molar-refractivity contribution in [3.63, 3.8) is 0 Å². The minimum absolute atomic E-state index is 0.315. The second-order valence-corrected chi connectivity index (χ2v) is 5.91. The molecule has 0 amide bonds. The summed E-state index contributed by atoms with van der Waals surface area (Å²) < 4.78 is 13.7. The van der Waals surface area contributed by atoms with Gasteiger partial charge in [0.05, 0.1) is 6.04 Å². The van der Waals surface area contributed by atoms with Crippen molar-refractivity contribution in [1.82, 2.24) is 0 Å². The maximum absolute atomic E-state index is 13.7. The zero-order chi connectivity index (χ0) is 12.6. The number of benzene rings is 1. The number of rotatable bonds is 2. The molecule has 0 aliphatic heterocycles. The number of hydrogen-bond acceptors (Lipinski definition) is 2. The quantitative estimate of drug-likeness (QED) is 0.869. The Balaban J connectivity index is 2.46. The Morgan fingerprint density at radius 2 is 1.94 bits per heavy atom.